The summed E-state index contributed by atoms with van der Waals surface area (Å²) < 4.78 is 35.0. The summed E-state index contributed by atoms with van der Waals surface area (Å²) in [5.74, 6) is -0.163. The van der Waals surface area contributed by atoms with Gasteiger partial charge in [0.2, 0.25) is 0 Å². The number of rotatable bonds is 7. The zero-order valence-electron chi connectivity index (χ0n) is 23.5. The number of carbonyl (C=O) groups is 1. The fraction of sp³-hybridized carbons (Fsp3) is 0.267. The molecule has 0 bridgehead atoms. The summed E-state index contributed by atoms with van der Waals surface area (Å²) in [4.78, 5) is 29.1. The molecule has 0 aliphatic carbocycles. The molecule has 1 saturated heterocycles. The second kappa shape index (κ2) is 13.1. The van der Waals surface area contributed by atoms with Gasteiger partial charge in [-0.05, 0) is 48.7 Å². The smallest absolute Gasteiger partial charge is 0.256 e. The van der Waals surface area contributed by atoms with Gasteiger partial charge in [-0.1, -0.05) is 12.1 Å². The number of piperidine rings is 1. The molecule has 2 aromatic heterocycles. The lowest BCUT2D eigenvalue weighted by Gasteiger charge is -2.34. The third-order valence-corrected chi connectivity index (χ3v) is 6.93. The molecule has 220 valence electrons. The number of aromatic nitrogens is 3. The monoisotopic (exact) mass is 595 g/mol. The quantitative estimate of drug-likeness (QED) is 0.297. The number of carbonyl (C=O) groups excluding carboxylic acids is 1. The van der Waals surface area contributed by atoms with Crippen molar-refractivity contribution < 1.29 is 18.3 Å². The van der Waals surface area contributed by atoms with Crippen LogP contribution in [0.5, 0.6) is 5.75 Å². The van der Waals surface area contributed by atoms with Crippen molar-refractivity contribution in [3.63, 3.8) is 0 Å². The fourth-order valence-electron chi connectivity index (χ4n) is 4.89. The van der Waals surface area contributed by atoms with Crippen molar-refractivity contribution in [1.82, 2.24) is 19.9 Å². The highest BCUT2D eigenvalue weighted by Gasteiger charge is 2.23. The molecular formula is C30H32ClF2N7O2. The normalized spacial score (nSPS) is 14.6. The van der Waals surface area contributed by atoms with Crippen LogP contribution in [-0.4, -0.2) is 66.1 Å². The predicted molar refractivity (Wildman–Crippen MR) is 162 cm³/mol. The van der Waals surface area contributed by atoms with Crippen LogP contribution in [0.1, 0.15) is 23.2 Å². The van der Waals surface area contributed by atoms with E-state index < -0.39 is 17.5 Å². The van der Waals surface area contributed by atoms with Gasteiger partial charge in [0.1, 0.15) is 29.0 Å². The van der Waals surface area contributed by atoms with Gasteiger partial charge in [0.15, 0.2) is 5.82 Å². The second-order valence-corrected chi connectivity index (χ2v) is 10.0. The number of benzene rings is 2. The molecule has 1 aliphatic heterocycles. The van der Waals surface area contributed by atoms with E-state index >= 15 is 4.39 Å². The number of ether oxygens (including phenoxy) is 1. The van der Waals surface area contributed by atoms with Gasteiger partial charge in [0, 0.05) is 62.9 Å². The number of anilines is 3. The Morgan fingerprint density at radius 3 is 2.62 bits per heavy atom. The molecule has 42 heavy (non-hydrogen) atoms. The van der Waals surface area contributed by atoms with E-state index in [9.17, 15) is 9.18 Å². The van der Waals surface area contributed by atoms with Crippen molar-refractivity contribution in [2.45, 2.75) is 18.9 Å². The van der Waals surface area contributed by atoms with Gasteiger partial charge in [-0.3, -0.25) is 4.79 Å². The Bertz CT molecular complexity index is 1590. The third-order valence-electron chi connectivity index (χ3n) is 6.93. The number of pyridine rings is 1. The van der Waals surface area contributed by atoms with E-state index in [1.165, 1.54) is 36.4 Å². The maximum Gasteiger partial charge on any atom is 0.256 e. The number of nitrogens with two attached hydrogens (primary N) is 1. The fourth-order valence-corrected chi connectivity index (χ4v) is 4.89. The first-order valence-corrected chi connectivity index (χ1v) is 13.2. The van der Waals surface area contributed by atoms with Crippen molar-refractivity contribution in [1.29, 1.82) is 0 Å². The van der Waals surface area contributed by atoms with Gasteiger partial charge < -0.3 is 25.6 Å². The Labute approximate surface area is 249 Å². The molecule has 2 aromatic carbocycles. The van der Waals surface area contributed by atoms with Gasteiger partial charge in [0.25, 0.3) is 5.91 Å². The van der Waals surface area contributed by atoms with E-state index in [4.69, 9.17) is 10.5 Å². The summed E-state index contributed by atoms with van der Waals surface area (Å²) in [5.41, 5.74) is 8.55. The first-order chi connectivity index (χ1) is 19.7. The average molecular weight is 596 g/mol. The zero-order valence-corrected chi connectivity index (χ0v) is 24.3. The molecule has 0 spiro atoms. The SMILES string of the molecule is COc1cccc(F)c1-c1nccc(Nc2cc(N3CCC[C@H](N)C3)c(-c3ccc(C(=O)N(C)C)c(F)c3)cn2)n1.Cl. The molecule has 1 atom stereocenters. The van der Waals surface area contributed by atoms with Gasteiger partial charge in [-0.2, -0.15) is 0 Å². The Kier molecular flexibility index (Phi) is 9.54. The molecule has 9 nitrogen and oxygen atoms in total. The van der Waals surface area contributed by atoms with Crippen LogP contribution in [0.15, 0.2) is 60.9 Å². The predicted octanol–water partition coefficient (Wildman–Crippen LogP) is 5.29. The Morgan fingerprint density at radius 2 is 1.90 bits per heavy atom. The Morgan fingerprint density at radius 1 is 1.10 bits per heavy atom. The van der Waals surface area contributed by atoms with Crippen LogP contribution < -0.4 is 20.7 Å². The first-order valence-electron chi connectivity index (χ1n) is 13.2. The number of methoxy groups -OCH3 is 1. The van der Waals surface area contributed by atoms with Crippen LogP contribution in [0.2, 0.25) is 0 Å². The standard InChI is InChI=1S/C30H31F2N7O2.ClH/c1-38(2)30(40)20-10-9-18(14-23(20)32)21-16-35-27(15-24(21)39-13-5-6-19(33)17-39)36-26-11-12-34-29(37-26)28-22(31)7-4-8-25(28)41-3;/h4,7-12,14-16,19H,5-6,13,17,33H2,1-3H3,(H,34,35,36,37);1H/t19-;/m0./s1. The van der Waals surface area contributed by atoms with Crippen molar-refractivity contribution in [2.24, 2.45) is 5.73 Å². The number of hydrogen-bond donors (Lipinski definition) is 2. The van der Waals surface area contributed by atoms with Crippen molar-refractivity contribution >= 4 is 35.6 Å². The van der Waals surface area contributed by atoms with Crippen LogP contribution in [0.4, 0.5) is 26.1 Å². The molecule has 0 saturated carbocycles. The summed E-state index contributed by atoms with van der Waals surface area (Å²) >= 11 is 0. The largest absolute Gasteiger partial charge is 0.496 e. The molecule has 0 radical (unpaired) electrons. The van der Waals surface area contributed by atoms with Gasteiger partial charge >= 0.3 is 0 Å². The van der Waals surface area contributed by atoms with Crippen LogP contribution >= 0.6 is 12.4 Å². The molecule has 4 aromatic rings. The number of halogens is 3. The Hall–Kier alpha value is -4.35. The zero-order chi connectivity index (χ0) is 29.1. The minimum absolute atomic E-state index is 0. The van der Waals surface area contributed by atoms with E-state index in [0.29, 0.717) is 35.1 Å². The number of hydrogen-bond acceptors (Lipinski definition) is 8. The summed E-state index contributed by atoms with van der Waals surface area (Å²) in [5, 5.41) is 3.18. The Balaban J connectivity index is 0.00000405. The first kappa shape index (κ1) is 30.6. The number of nitrogens with one attached hydrogen (secondary N) is 1. The molecule has 12 heteroatoms. The van der Waals surface area contributed by atoms with E-state index in [1.54, 1.807) is 44.6 Å². The summed E-state index contributed by atoms with van der Waals surface area (Å²) in [7, 11) is 4.62. The number of amides is 1. The summed E-state index contributed by atoms with van der Waals surface area (Å²) in [6.07, 6.45) is 5.01. The van der Waals surface area contributed by atoms with E-state index in [0.717, 1.165) is 25.1 Å². The molecule has 5 rings (SSSR count). The second-order valence-electron chi connectivity index (χ2n) is 10.0. The highest BCUT2D eigenvalue weighted by molar-refractivity contribution is 5.95. The average Bonchev–Trinajstić information content (AvgIpc) is 2.96. The molecule has 0 unspecified atom stereocenters. The molecular weight excluding hydrogens is 564 g/mol. The van der Waals surface area contributed by atoms with Gasteiger partial charge in [0.05, 0.1) is 18.2 Å². The maximum atomic E-state index is 15.0. The lowest BCUT2D eigenvalue weighted by molar-refractivity contribution is 0.0823. The van der Waals surface area contributed by atoms with E-state index in [2.05, 4.69) is 25.2 Å². The molecule has 1 fully saturated rings. The molecule has 3 heterocycles. The van der Waals surface area contributed by atoms with E-state index in [-0.39, 0.29) is 35.4 Å². The minimum atomic E-state index is -0.609. The van der Waals surface area contributed by atoms with Gasteiger partial charge in [-0.25, -0.2) is 23.7 Å². The maximum absolute atomic E-state index is 15.0. The lowest BCUT2D eigenvalue weighted by Crippen LogP contribution is -2.43. The van der Waals surface area contributed by atoms with Crippen LogP contribution in [-0.2, 0) is 0 Å². The lowest BCUT2D eigenvalue weighted by atomic mass is 10.00. The summed E-state index contributed by atoms with van der Waals surface area (Å²) in [6.45, 7) is 1.40. The van der Waals surface area contributed by atoms with Crippen LogP contribution in [0.25, 0.3) is 22.5 Å². The highest BCUT2D eigenvalue weighted by atomic mass is 35.5. The van der Waals surface area contributed by atoms with Crippen LogP contribution in [0.3, 0.4) is 0 Å². The van der Waals surface area contributed by atoms with E-state index in [1.807, 2.05) is 6.07 Å². The minimum Gasteiger partial charge on any atom is -0.496 e. The summed E-state index contributed by atoms with van der Waals surface area (Å²) in [6, 6.07) is 12.6. The van der Waals surface area contributed by atoms with Crippen molar-refractivity contribution in [3.05, 3.63) is 78.1 Å². The number of nitrogens with zero attached hydrogens (tertiary/aromatic N) is 5. The topological polar surface area (TPSA) is 109 Å². The molecule has 3 N–H and O–H groups in total. The van der Waals surface area contributed by atoms with Crippen molar-refractivity contribution in [2.75, 3.05) is 44.5 Å². The van der Waals surface area contributed by atoms with Crippen LogP contribution in [0, 0.1) is 11.6 Å². The van der Waals surface area contributed by atoms with Crippen molar-refractivity contribution in [3.8, 4) is 28.3 Å². The highest BCUT2D eigenvalue weighted by Crippen LogP contribution is 2.36. The molecule has 1 aliphatic rings. The molecule has 1 amide bonds. The third kappa shape index (κ3) is 6.42. The van der Waals surface area contributed by atoms with Gasteiger partial charge in [-0.15, -0.1) is 12.4 Å².